The summed E-state index contributed by atoms with van der Waals surface area (Å²) in [6.45, 7) is 0. The zero-order valence-corrected chi connectivity index (χ0v) is 17.4. The lowest BCUT2D eigenvalue weighted by Gasteiger charge is -2.09. The second kappa shape index (κ2) is 7.45. The third-order valence-electron chi connectivity index (χ3n) is 5.35. The predicted octanol–water partition coefficient (Wildman–Crippen LogP) is 5.52. The second-order valence-electron chi connectivity index (χ2n) is 7.29. The van der Waals surface area contributed by atoms with Gasteiger partial charge in [0.15, 0.2) is 0 Å². The second-order valence-corrected chi connectivity index (χ2v) is 8.28. The molecule has 154 valence electrons. The summed E-state index contributed by atoms with van der Waals surface area (Å²) in [5, 5.41) is 12.1. The molecule has 0 radical (unpaired) electrons. The van der Waals surface area contributed by atoms with E-state index in [4.69, 9.17) is 11.5 Å². The first-order valence-electron chi connectivity index (χ1n) is 9.69. The van der Waals surface area contributed by atoms with Crippen LogP contribution in [0, 0.1) is 17.1 Å². The number of hydrogen-bond acceptors (Lipinski definition) is 6. The van der Waals surface area contributed by atoms with Gasteiger partial charge >= 0.3 is 0 Å². The van der Waals surface area contributed by atoms with Gasteiger partial charge in [-0.2, -0.15) is 5.26 Å². The van der Waals surface area contributed by atoms with Crippen molar-refractivity contribution in [2.24, 2.45) is 0 Å². The standard InChI is InChI=1S/C25H15FN4OS/c26-17-7-3-6-15(11-17)19-18(12-27)24(29)30-25-20(19)21(28)23(32-25)22(31)16-9-8-13-4-1-2-5-14(13)10-16/h1-11H,28H2,(H2,29,30). The minimum absolute atomic E-state index is 0.00483. The zero-order chi connectivity index (χ0) is 22.4. The Morgan fingerprint density at radius 1 is 1.00 bits per heavy atom. The van der Waals surface area contributed by atoms with Crippen LogP contribution in [-0.4, -0.2) is 10.8 Å². The number of hydrogen-bond donors (Lipinski definition) is 2. The van der Waals surface area contributed by atoms with Crippen molar-refractivity contribution in [1.82, 2.24) is 4.98 Å². The molecule has 32 heavy (non-hydrogen) atoms. The number of nitriles is 1. The van der Waals surface area contributed by atoms with Gasteiger partial charge in [0.1, 0.15) is 33.0 Å². The Kier molecular flexibility index (Phi) is 4.58. The number of benzene rings is 3. The summed E-state index contributed by atoms with van der Waals surface area (Å²) in [7, 11) is 0. The molecule has 5 aromatic rings. The van der Waals surface area contributed by atoms with Crippen molar-refractivity contribution in [3.8, 4) is 17.2 Å². The Morgan fingerprint density at radius 3 is 2.53 bits per heavy atom. The van der Waals surface area contributed by atoms with Crippen LogP contribution in [0.1, 0.15) is 20.8 Å². The highest BCUT2D eigenvalue weighted by Crippen LogP contribution is 2.43. The average Bonchev–Trinajstić information content (AvgIpc) is 3.12. The quantitative estimate of drug-likeness (QED) is 0.361. The molecule has 0 bridgehead atoms. The number of nitrogen functional groups attached to an aromatic ring is 2. The smallest absolute Gasteiger partial charge is 0.205 e. The van der Waals surface area contributed by atoms with Crippen LogP contribution < -0.4 is 11.5 Å². The lowest BCUT2D eigenvalue weighted by molar-refractivity contribution is 0.104. The number of carbonyl (C=O) groups excluding carboxylic acids is 1. The number of rotatable bonds is 3. The summed E-state index contributed by atoms with van der Waals surface area (Å²) in [4.78, 5) is 18.4. The SMILES string of the molecule is N#Cc1c(N)nc2sc(C(=O)c3ccc4ccccc4c3)c(N)c2c1-c1cccc(F)c1. The Hall–Kier alpha value is -4.28. The number of aromatic nitrogens is 1. The third-order valence-corrected chi connectivity index (χ3v) is 6.45. The Balaban J connectivity index is 1.75. The molecule has 0 spiro atoms. The number of fused-ring (bicyclic) bond motifs is 2. The van der Waals surface area contributed by atoms with Gasteiger partial charge in [-0.15, -0.1) is 11.3 Å². The van der Waals surface area contributed by atoms with Gasteiger partial charge < -0.3 is 11.5 Å². The molecule has 3 aromatic carbocycles. The fraction of sp³-hybridized carbons (Fsp3) is 0. The van der Waals surface area contributed by atoms with E-state index in [0.717, 1.165) is 22.1 Å². The molecule has 0 unspecified atom stereocenters. The number of pyridine rings is 1. The zero-order valence-electron chi connectivity index (χ0n) is 16.6. The number of ketones is 1. The van der Waals surface area contributed by atoms with Gasteiger partial charge in [-0.05, 0) is 34.5 Å². The molecule has 2 aromatic heterocycles. The number of anilines is 2. The van der Waals surface area contributed by atoms with Gasteiger partial charge in [-0.25, -0.2) is 9.37 Å². The first-order chi connectivity index (χ1) is 15.5. The van der Waals surface area contributed by atoms with Crippen molar-refractivity contribution in [2.75, 3.05) is 11.5 Å². The molecular weight excluding hydrogens is 423 g/mol. The molecule has 5 rings (SSSR count). The van der Waals surface area contributed by atoms with Crippen LogP contribution in [0.2, 0.25) is 0 Å². The van der Waals surface area contributed by atoms with Crippen molar-refractivity contribution in [2.45, 2.75) is 0 Å². The first-order valence-corrected chi connectivity index (χ1v) is 10.5. The topological polar surface area (TPSA) is 106 Å². The van der Waals surface area contributed by atoms with Crippen molar-refractivity contribution in [3.63, 3.8) is 0 Å². The van der Waals surface area contributed by atoms with Crippen LogP contribution in [0.5, 0.6) is 0 Å². The Labute approximate surface area is 186 Å². The summed E-state index contributed by atoms with van der Waals surface area (Å²) in [5.74, 6) is -0.708. The predicted molar refractivity (Wildman–Crippen MR) is 126 cm³/mol. The Bertz CT molecular complexity index is 1600. The number of carbonyl (C=O) groups is 1. The van der Waals surface area contributed by atoms with E-state index >= 15 is 0 Å². The molecule has 0 saturated carbocycles. The van der Waals surface area contributed by atoms with E-state index in [1.807, 2.05) is 42.5 Å². The van der Waals surface area contributed by atoms with E-state index in [0.29, 0.717) is 31.8 Å². The van der Waals surface area contributed by atoms with Gasteiger partial charge in [0.05, 0.1) is 5.69 Å². The monoisotopic (exact) mass is 438 g/mol. The minimum atomic E-state index is -0.462. The first kappa shape index (κ1) is 19.7. The summed E-state index contributed by atoms with van der Waals surface area (Å²) >= 11 is 1.11. The van der Waals surface area contributed by atoms with Gasteiger partial charge in [-0.1, -0.05) is 48.5 Å². The molecule has 7 heteroatoms. The maximum absolute atomic E-state index is 14.0. The maximum Gasteiger partial charge on any atom is 0.205 e. The normalized spacial score (nSPS) is 11.0. The largest absolute Gasteiger partial charge is 0.397 e. The lowest BCUT2D eigenvalue weighted by atomic mass is 9.96. The fourth-order valence-corrected chi connectivity index (χ4v) is 4.92. The van der Waals surface area contributed by atoms with Crippen LogP contribution >= 0.6 is 11.3 Å². The van der Waals surface area contributed by atoms with Gasteiger partial charge in [0.2, 0.25) is 5.78 Å². The van der Waals surface area contributed by atoms with E-state index in [1.165, 1.54) is 18.2 Å². The Morgan fingerprint density at radius 2 is 1.78 bits per heavy atom. The van der Waals surface area contributed by atoms with Crippen LogP contribution in [-0.2, 0) is 0 Å². The molecule has 5 nitrogen and oxygen atoms in total. The van der Waals surface area contributed by atoms with Crippen LogP contribution in [0.25, 0.3) is 32.1 Å². The van der Waals surface area contributed by atoms with Crippen molar-refractivity contribution in [1.29, 1.82) is 5.26 Å². The highest BCUT2D eigenvalue weighted by molar-refractivity contribution is 7.21. The van der Waals surface area contributed by atoms with E-state index in [1.54, 1.807) is 12.1 Å². The van der Waals surface area contributed by atoms with E-state index in [-0.39, 0.29) is 22.9 Å². The fourth-order valence-electron chi connectivity index (χ4n) is 3.85. The maximum atomic E-state index is 14.0. The van der Waals surface area contributed by atoms with Gasteiger partial charge in [0.25, 0.3) is 0 Å². The molecule has 0 aliphatic carbocycles. The molecule has 0 saturated heterocycles. The summed E-state index contributed by atoms with van der Waals surface area (Å²) < 4.78 is 14.0. The number of thiophene rings is 1. The third kappa shape index (κ3) is 3.06. The van der Waals surface area contributed by atoms with Crippen LogP contribution in [0.15, 0.2) is 66.7 Å². The molecule has 4 N–H and O–H groups in total. The van der Waals surface area contributed by atoms with Crippen molar-refractivity contribution in [3.05, 3.63) is 88.6 Å². The lowest BCUT2D eigenvalue weighted by Crippen LogP contribution is -2.03. The van der Waals surface area contributed by atoms with E-state index in [9.17, 15) is 14.4 Å². The summed E-state index contributed by atoms with van der Waals surface area (Å²) in [5.41, 5.74) is 14.1. The molecule has 0 atom stereocenters. The highest BCUT2D eigenvalue weighted by Gasteiger charge is 2.25. The number of nitrogens with two attached hydrogens (primary N) is 2. The van der Waals surface area contributed by atoms with Crippen LogP contribution in [0.4, 0.5) is 15.9 Å². The molecule has 2 heterocycles. The van der Waals surface area contributed by atoms with Crippen molar-refractivity contribution >= 4 is 49.6 Å². The molecule has 0 aliphatic heterocycles. The van der Waals surface area contributed by atoms with Crippen molar-refractivity contribution < 1.29 is 9.18 Å². The highest BCUT2D eigenvalue weighted by atomic mass is 32.1. The molecule has 0 aliphatic rings. The average molecular weight is 438 g/mol. The minimum Gasteiger partial charge on any atom is -0.397 e. The summed E-state index contributed by atoms with van der Waals surface area (Å²) in [6, 6.07) is 21.1. The van der Waals surface area contributed by atoms with Gasteiger partial charge in [-0.3, -0.25) is 4.79 Å². The molecule has 0 amide bonds. The van der Waals surface area contributed by atoms with Gasteiger partial charge in [0, 0.05) is 16.5 Å². The van der Waals surface area contributed by atoms with E-state index in [2.05, 4.69) is 4.98 Å². The molecule has 0 fully saturated rings. The van der Waals surface area contributed by atoms with E-state index < -0.39 is 5.82 Å². The summed E-state index contributed by atoms with van der Waals surface area (Å²) in [6.07, 6.45) is 0. The molecular formula is C25H15FN4OS. The van der Waals surface area contributed by atoms with Crippen LogP contribution in [0.3, 0.4) is 0 Å². The number of nitrogens with zero attached hydrogens (tertiary/aromatic N) is 2. The number of halogens is 1.